The fraction of sp³-hybridized carbons (Fsp3) is 1.00. The highest BCUT2D eigenvalue weighted by Crippen LogP contribution is 2.12. The summed E-state index contributed by atoms with van der Waals surface area (Å²) in [5, 5.41) is 8.43. The molecular formula is C14H28O4. The molecule has 0 spiro atoms. The van der Waals surface area contributed by atoms with E-state index >= 15 is 0 Å². The minimum atomic E-state index is 0.359. The van der Waals surface area contributed by atoms with E-state index < -0.39 is 0 Å². The number of ether oxygens (including phenoxy) is 3. The molecule has 4 heteroatoms. The Morgan fingerprint density at radius 2 is 1.61 bits per heavy atom. The average Bonchev–Trinajstić information content (AvgIpc) is 3.18. The Labute approximate surface area is 111 Å². The SMILES string of the molecule is C(OCC1CO1)C1CO1.CC(C)CCCCCO. The summed E-state index contributed by atoms with van der Waals surface area (Å²) in [4.78, 5) is 0. The minimum Gasteiger partial charge on any atom is -0.396 e. The predicted molar refractivity (Wildman–Crippen MR) is 70.7 cm³/mol. The van der Waals surface area contributed by atoms with E-state index in [2.05, 4.69) is 13.8 Å². The monoisotopic (exact) mass is 260 g/mol. The largest absolute Gasteiger partial charge is 0.396 e. The van der Waals surface area contributed by atoms with E-state index in [-0.39, 0.29) is 0 Å². The Balaban J connectivity index is 0.000000180. The maximum Gasteiger partial charge on any atom is 0.104 e. The molecule has 2 saturated heterocycles. The standard InChI is InChI=1S/C8H18O.C6H10O3/c1-8(2)6-4-3-5-7-9;1(5-3-8-5)7-2-6-4-9-6/h8-9H,3-7H2,1-2H3;5-6H,1-4H2. The van der Waals surface area contributed by atoms with Crippen LogP contribution in [0.1, 0.15) is 39.5 Å². The smallest absolute Gasteiger partial charge is 0.104 e. The van der Waals surface area contributed by atoms with Crippen molar-refractivity contribution < 1.29 is 19.3 Å². The van der Waals surface area contributed by atoms with Gasteiger partial charge >= 0.3 is 0 Å². The molecule has 4 nitrogen and oxygen atoms in total. The number of hydrogen-bond donors (Lipinski definition) is 1. The van der Waals surface area contributed by atoms with Gasteiger partial charge in [0.1, 0.15) is 12.2 Å². The molecule has 2 unspecified atom stereocenters. The van der Waals surface area contributed by atoms with E-state index in [1.54, 1.807) is 0 Å². The summed E-state index contributed by atoms with van der Waals surface area (Å²) in [5.41, 5.74) is 0. The number of epoxide rings is 2. The lowest BCUT2D eigenvalue weighted by atomic mass is 10.1. The fourth-order valence-corrected chi connectivity index (χ4v) is 1.50. The minimum absolute atomic E-state index is 0.359. The van der Waals surface area contributed by atoms with Crippen molar-refractivity contribution in [2.24, 2.45) is 5.92 Å². The predicted octanol–water partition coefficient (Wildman–Crippen LogP) is 2.00. The van der Waals surface area contributed by atoms with Gasteiger partial charge in [-0.15, -0.1) is 0 Å². The topological polar surface area (TPSA) is 54.5 Å². The van der Waals surface area contributed by atoms with E-state index in [0.29, 0.717) is 18.8 Å². The van der Waals surface area contributed by atoms with Crippen molar-refractivity contribution in [3.05, 3.63) is 0 Å². The first-order valence-electron chi connectivity index (χ1n) is 7.14. The number of rotatable bonds is 9. The number of aliphatic hydroxyl groups is 1. The van der Waals surface area contributed by atoms with E-state index in [9.17, 15) is 0 Å². The molecular weight excluding hydrogens is 232 g/mol. The van der Waals surface area contributed by atoms with E-state index in [0.717, 1.165) is 38.8 Å². The molecule has 2 aliphatic rings. The first-order chi connectivity index (χ1) is 8.72. The molecule has 0 aromatic rings. The van der Waals surface area contributed by atoms with Gasteiger partial charge in [0.25, 0.3) is 0 Å². The van der Waals surface area contributed by atoms with Crippen molar-refractivity contribution in [1.29, 1.82) is 0 Å². The molecule has 0 aromatic heterocycles. The summed E-state index contributed by atoms with van der Waals surface area (Å²) in [5.74, 6) is 0.823. The van der Waals surface area contributed by atoms with Crippen LogP contribution in [0.15, 0.2) is 0 Å². The van der Waals surface area contributed by atoms with Crippen LogP contribution in [0, 0.1) is 5.92 Å². The van der Waals surface area contributed by atoms with Crippen LogP contribution >= 0.6 is 0 Å². The summed E-state index contributed by atoms with van der Waals surface area (Å²) in [7, 11) is 0. The lowest BCUT2D eigenvalue weighted by Gasteiger charge is -2.01. The first-order valence-corrected chi connectivity index (χ1v) is 7.14. The molecule has 0 radical (unpaired) electrons. The van der Waals surface area contributed by atoms with Gasteiger partial charge in [0.15, 0.2) is 0 Å². The van der Waals surface area contributed by atoms with E-state index in [4.69, 9.17) is 19.3 Å². The number of unbranched alkanes of at least 4 members (excludes halogenated alkanes) is 2. The molecule has 2 heterocycles. The highest BCUT2D eigenvalue weighted by atomic mass is 16.6. The summed E-state index contributed by atoms with van der Waals surface area (Å²) in [6.07, 6.45) is 5.53. The Morgan fingerprint density at radius 3 is 2.00 bits per heavy atom. The number of aliphatic hydroxyl groups excluding tert-OH is 1. The zero-order valence-electron chi connectivity index (χ0n) is 11.8. The summed E-state index contributed by atoms with van der Waals surface area (Å²) in [6.45, 7) is 8.09. The van der Waals surface area contributed by atoms with Crippen molar-refractivity contribution in [3.8, 4) is 0 Å². The highest BCUT2D eigenvalue weighted by molar-refractivity contribution is 4.71. The molecule has 2 atom stereocenters. The van der Waals surface area contributed by atoms with E-state index in [1.165, 1.54) is 19.3 Å². The Morgan fingerprint density at radius 1 is 1.06 bits per heavy atom. The van der Waals surface area contributed by atoms with Gasteiger partial charge in [0.05, 0.1) is 26.4 Å². The van der Waals surface area contributed by atoms with Crippen molar-refractivity contribution in [2.45, 2.75) is 51.7 Å². The maximum absolute atomic E-state index is 8.43. The third-order valence-corrected chi connectivity index (χ3v) is 2.85. The lowest BCUT2D eigenvalue weighted by Crippen LogP contribution is -2.06. The van der Waals surface area contributed by atoms with Crippen LogP contribution in [0.2, 0.25) is 0 Å². The van der Waals surface area contributed by atoms with Crippen LogP contribution in [0.5, 0.6) is 0 Å². The Bertz CT molecular complexity index is 176. The van der Waals surface area contributed by atoms with Crippen LogP contribution in [-0.4, -0.2) is 50.3 Å². The fourth-order valence-electron chi connectivity index (χ4n) is 1.50. The molecule has 18 heavy (non-hydrogen) atoms. The first kappa shape index (κ1) is 15.9. The van der Waals surface area contributed by atoms with Crippen molar-refractivity contribution in [3.63, 3.8) is 0 Å². The van der Waals surface area contributed by atoms with Gasteiger partial charge in [0, 0.05) is 6.61 Å². The molecule has 2 fully saturated rings. The van der Waals surface area contributed by atoms with Gasteiger partial charge in [0.2, 0.25) is 0 Å². The van der Waals surface area contributed by atoms with Crippen LogP contribution < -0.4 is 0 Å². The molecule has 0 aromatic carbocycles. The van der Waals surface area contributed by atoms with Crippen LogP contribution in [0.4, 0.5) is 0 Å². The summed E-state index contributed by atoms with van der Waals surface area (Å²) >= 11 is 0. The van der Waals surface area contributed by atoms with Crippen molar-refractivity contribution in [2.75, 3.05) is 33.0 Å². The van der Waals surface area contributed by atoms with Gasteiger partial charge in [-0.3, -0.25) is 0 Å². The maximum atomic E-state index is 8.43. The van der Waals surface area contributed by atoms with Crippen LogP contribution in [0.25, 0.3) is 0 Å². The second-order valence-electron chi connectivity index (χ2n) is 5.41. The third-order valence-electron chi connectivity index (χ3n) is 2.85. The molecule has 0 bridgehead atoms. The lowest BCUT2D eigenvalue weighted by molar-refractivity contribution is 0.102. The van der Waals surface area contributed by atoms with Gasteiger partial charge in [-0.1, -0.05) is 33.1 Å². The van der Waals surface area contributed by atoms with Crippen LogP contribution in [-0.2, 0) is 14.2 Å². The van der Waals surface area contributed by atoms with Crippen molar-refractivity contribution >= 4 is 0 Å². The molecule has 0 saturated carbocycles. The van der Waals surface area contributed by atoms with Crippen LogP contribution in [0.3, 0.4) is 0 Å². The number of hydrogen-bond acceptors (Lipinski definition) is 4. The normalized spacial score (nSPS) is 24.7. The van der Waals surface area contributed by atoms with Gasteiger partial charge in [-0.25, -0.2) is 0 Å². The zero-order chi connectivity index (χ0) is 13.2. The molecule has 1 N–H and O–H groups in total. The third kappa shape index (κ3) is 11.0. The Kier molecular flexibility index (Phi) is 8.59. The van der Waals surface area contributed by atoms with Gasteiger partial charge < -0.3 is 19.3 Å². The molecule has 0 aliphatic carbocycles. The van der Waals surface area contributed by atoms with Gasteiger partial charge in [-0.2, -0.15) is 0 Å². The van der Waals surface area contributed by atoms with Crippen molar-refractivity contribution in [1.82, 2.24) is 0 Å². The summed E-state index contributed by atoms with van der Waals surface area (Å²) in [6, 6.07) is 0. The Hall–Kier alpha value is -0.160. The molecule has 108 valence electrons. The second-order valence-corrected chi connectivity index (χ2v) is 5.41. The molecule has 2 aliphatic heterocycles. The molecule has 0 amide bonds. The second kappa shape index (κ2) is 9.73. The highest BCUT2D eigenvalue weighted by Gasteiger charge is 2.26. The summed E-state index contributed by atoms with van der Waals surface area (Å²) < 4.78 is 15.1. The average molecular weight is 260 g/mol. The van der Waals surface area contributed by atoms with E-state index in [1.807, 2.05) is 0 Å². The van der Waals surface area contributed by atoms with Gasteiger partial charge in [-0.05, 0) is 12.3 Å². The quantitative estimate of drug-likeness (QED) is 0.509. The zero-order valence-corrected chi connectivity index (χ0v) is 11.8. The molecule has 2 rings (SSSR count).